The summed E-state index contributed by atoms with van der Waals surface area (Å²) in [5.41, 5.74) is 4.01. The lowest BCUT2D eigenvalue weighted by atomic mass is 9.96. The summed E-state index contributed by atoms with van der Waals surface area (Å²) in [5, 5.41) is 3.97. The zero-order valence-corrected chi connectivity index (χ0v) is 16.9. The minimum absolute atomic E-state index is 0.00161. The van der Waals surface area contributed by atoms with Crippen molar-refractivity contribution < 1.29 is 14.0 Å². The maximum absolute atomic E-state index is 12.8. The van der Waals surface area contributed by atoms with Gasteiger partial charge in [0.2, 0.25) is 11.8 Å². The smallest absolute Gasteiger partial charge is 0.246 e. The quantitative estimate of drug-likeness (QED) is 0.666. The van der Waals surface area contributed by atoms with Crippen molar-refractivity contribution in [3.8, 4) is 0 Å². The minimum Gasteiger partial charge on any atom is -0.461 e. The third-order valence-electron chi connectivity index (χ3n) is 5.96. The molecule has 6 nitrogen and oxygen atoms in total. The lowest BCUT2D eigenvalue weighted by Gasteiger charge is -2.21. The third kappa shape index (κ3) is 3.38. The fourth-order valence-corrected chi connectivity index (χ4v) is 4.26. The molecule has 2 aromatic heterocycles. The van der Waals surface area contributed by atoms with E-state index in [4.69, 9.17) is 4.42 Å². The average Bonchev–Trinajstić information content (AvgIpc) is 2.97. The van der Waals surface area contributed by atoms with E-state index in [9.17, 15) is 9.59 Å². The molecule has 6 heteroatoms. The summed E-state index contributed by atoms with van der Waals surface area (Å²) in [6.45, 7) is 3.21. The highest BCUT2D eigenvalue weighted by molar-refractivity contribution is 5.95. The Bertz CT molecular complexity index is 1180. The van der Waals surface area contributed by atoms with Gasteiger partial charge in [0.1, 0.15) is 17.2 Å². The Kier molecular flexibility index (Phi) is 4.62. The second kappa shape index (κ2) is 7.44. The molecule has 0 saturated carbocycles. The number of para-hydroxylation sites is 1. The molecule has 2 aliphatic rings. The summed E-state index contributed by atoms with van der Waals surface area (Å²) < 4.78 is 6.00. The topological polar surface area (TPSA) is 75.4 Å². The number of benzene rings is 1. The number of hydrogen-bond acceptors (Lipinski definition) is 4. The van der Waals surface area contributed by atoms with Crippen molar-refractivity contribution in [3.63, 3.8) is 0 Å². The minimum atomic E-state index is -0.0703. The van der Waals surface area contributed by atoms with Crippen LogP contribution in [0.2, 0.25) is 0 Å². The van der Waals surface area contributed by atoms with Gasteiger partial charge in [-0.2, -0.15) is 0 Å². The molecule has 152 valence electrons. The predicted octanol–water partition coefficient (Wildman–Crippen LogP) is 3.60. The number of aromatic nitrogens is 1. The van der Waals surface area contributed by atoms with Crippen molar-refractivity contribution in [1.29, 1.82) is 0 Å². The van der Waals surface area contributed by atoms with Gasteiger partial charge in [-0.1, -0.05) is 25.1 Å². The Morgan fingerprint density at radius 1 is 1.27 bits per heavy atom. The molecule has 0 aliphatic carbocycles. The maximum atomic E-state index is 12.8. The van der Waals surface area contributed by atoms with Gasteiger partial charge in [-0.3, -0.25) is 9.59 Å². The Morgan fingerprint density at radius 3 is 3.00 bits per heavy atom. The molecule has 4 heterocycles. The molecule has 0 radical (unpaired) electrons. The van der Waals surface area contributed by atoms with Crippen LogP contribution in [-0.2, 0) is 28.9 Å². The molecule has 1 unspecified atom stereocenters. The van der Waals surface area contributed by atoms with E-state index in [1.54, 1.807) is 18.3 Å². The highest BCUT2D eigenvalue weighted by atomic mass is 16.3. The van der Waals surface area contributed by atoms with E-state index in [1.807, 2.05) is 36.1 Å². The average molecular weight is 401 g/mol. The molecular formula is C24H23N3O3. The third-order valence-corrected chi connectivity index (χ3v) is 5.96. The van der Waals surface area contributed by atoms with Gasteiger partial charge < -0.3 is 14.6 Å². The monoisotopic (exact) mass is 401 g/mol. The van der Waals surface area contributed by atoms with Gasteiger partial charge >= 0.3 is 0 Å². The molecule has 0 spiro atoms. The van der Waals surface area contributed by atoms with Gasteiger partial charge in [0, 0.05) is 48.7 Å². The standard InChI is InChI=1S/C24H23N3O3/c1-15-12-17-13-16(14-25-23(17)26-24(15)29)6-7-22(28)27-10-8-19-18-4-2-3-5-20(18)30-21(19)9-11-27/h2-7,13-15H,8-12H2,1H3,(H,25,26,29)/b7-6+. The molecule has 0 saturated heterocycles. The van der Waals surface area contributed by atoms with Gasteiger partial charge in [0.05, 0.1) is 0 Å². The van der Waals surface area contributed by atoms with Crippen LogP contribution in [0.1, 0.15) is 29.4 Å². The summed E-state index contributed by atoms with van der Waals surface area (Å²) in [4.78, 5) is 30.8. The summed E-state index contributed by atoms with van der Waals surface area (Å²) >= 11 is 0. The molecule has 0 bridgehead atoms. The van der Waals surface area contributed by atoms with E-state index in [1.165, 1.54) is 5.56 Å². The van der Waals surface area contributed by atoms with Crippen molar-refractivity contribution >= 4 is 34.7 Å². The number of fused-ring (bicyclic) bond motifs is 4. The number of carbonyl (C=O) groups excluding carboxylic acids is 2. The molecule has 5 rings (SSSR count). The van der Waals surface area contributed by atoms with E-state index in [-0.39, 0.29) is 17.7 Å². The van der Waals surface area contributed by atoms with E-state index in [2.05, 4.69) is 16.4 Å². The second-order valence-corrected chi connectivity index (χ2v) is 8.03. The van der Waals surface area contributed by atoms with Crippen LogP contribution in [0.15, 0.2) is 47.0 Å². The number of amides is 2. The molecule has 0 fully saturated rings. The Labute approximate surface area is 174 Å². The van der Waals surface area contributed by atoms with Crippen molar-refractivity contribution in [2.45, 2.75) is 26.2 Å². The van der Waals surface area contributed by atoms with Crippen molar-refractivity contribution in [3.05, 3.63) is 65.1 Å². The SMILES string of the molecule is CC1Cc2cc(/C=C/C(=O)N3CCc4oc5ccccc5c4CC3)cnc2NC1=O. The van der Waals surface area contributed by atoms with Crippen molar-refractivity contribution in [2.75, 3.05) is 18.4 Å². The number of rotatable bonds is 2. The molecule has 2 aliphatic heterocycles. The first-order valence-corrected chi connectivity index (χ1v) is 10.3. The summed E-state index contributed by atoms with van der Waals surface area (Å²) in [5.74, 6) is 1.53. The Hall–Kier alpha value is -3.41. The first-order valence-electron chi connectivity index (χ1n) is 10.3. The largest absolute Gasteiger partial charge is 0.461 e. The normalized spacial score (nSPS) is 18.8. The van der Waals surface area contributed by atoms with Crippen molar-refractivity contribution in [1.82, 2.24) is 9.88 Å². The molecule has 1 aromatic carbocycles. The van der Waals surface area contributed by atoms with Crippen LogP contribution in [0.4, 0.5) is 5.82 Å². The zero-order chi connectivity index (χ0) is 20.7. The van der Waals surface area contributed by atoms with Crippen LogP contribution in [0.25, 0.3) is 17.0 Å². The molecule has 1 atom stereocenters. The first kappa shape index (κ1) is 18.6. The van der Waals surface area contributed by atoms with Gasteiger partial charge in [-0.25, -0.2) is 4.98 Å². The molecule has 30 heavy (non-hydrogen) atoms. The molecule has 1 N–H and O–H groups in total. The van der Waals surface area contributed by atoms with Crippen LogP contribution in [-0.4, -0.2) is 34.8 Å². The maximum Gasteiger partial charge on any atom is 0.246 e. The lowest BCUT2D eigenvalue weighted by molar-refractivity contribution is -0.125. The fraction of sp³-hybridized carbons (Fsp3) is 0.292. The van der Waals surface area contributed by atoms with E-state index in [0.717, 1.165) is 40.7 Å². The number of nitrogens with zero attached hydrogens (tertiary/aromatic N) is 2. The Morgan fingerprint density at radius 2 is 2.10 bits per heavy atom. The van der Waals surface area contributed by atoms with Crippen molar-refractivity contribution in [2.24, 2.45) is 5.92 Å². The van der Waals surface area contributed by atoms with Crippen LogP contribution in [0.3, 0.4) is 0 Å². The first-order chi connectivity index (χ1) is 14.6. The number of pyridine rings is 1. The highest BCUT2D eigenvalue weighted by Gasteiger charge is 2.24. The number of nitrogens with one attached hydrogen (secondary N) is 1. The van der Waals surface area contributed by atoms with Gasteiger partial charge in [0.25, 0.3) is 0 Å². The fourth-order valence-electron chi connectivity index (χ4n) is 4.26. The number of carbonyl (C=O) groups is 2. The summed E-state index contributed by atoms with van der Waals surface area (Å²) in [6.07, 6.45) is 7.27. The number of furan rings is 1. The summed E-state index contributed by atoms with van der Waals surface area (Å²) in [7, 11) is 0. The zero-order valence-electron chi connectivity index (χ0n) is 16.9. The second-order valence-electron chi connectivity index (χ2n) is 8.03. The molecule has 3 aromatic rings. The lowest BCUT2D eigenvalue weighted by Crippen LogP contribution is -2.31. The number of anilines is 1. The van der Waals surface area contributed by atoms with Gasteiger partial charge in [-0.05, 0) is 42.2 Å². The van der Waals surface area contributed by atoms with E-state index >= 15 is 0 Å². The molecule has 2 amide bonds. The highest BCUT2D eigenvalue weighted by Crippen LogP contribution is 2.29. The van der Waals surface area contributed by atoms with Gasteiger partial charge in [-0.15, -0.1) is 0 Å². The van der Waals surface area contributed by atoms with Crippen LogP contribution >= 0.6 is 0 Å². The van der Waals surface area contributed by atoms with Crippen LogP contribution < -0.4 is 5.32 Å². The summed E-state index contributed by atoms with van der Waals surface area (Å²) in [6, 6.07) is 10.1. The van der Waals surface area contributed by atoms with Crippen LogP contribution in [0.5, 0.6) is 0 Å². The van der Waals surface area contributed by atoms with Crippen LogP contribution in [0, 0.1) is 5.92 Å². The number of hydrogen-bond donors (Lipinski definition) is 1. The predicted molar refractivity (Wildman–Crippen MR) is 115 cm³/mol. The van der Waals surface area contributed by atoms with Gasteiger partial charge in [0.15, 0.2) is 0 Å². The molecular weight excluding hydrogens is 378 g/mol. The van der Waals surface area contributed by atoms with E-state index < -0.39 is 0 Å². The van der Waals surface area contributed by atoms with E-state index in [0.29, 0.717) is 25.3 Å². The Balaban J connectivity index is 1.28.